The Labute approximate surface area is 204 Å². The first-order chi connectivity index (χ1) is 17.1. The van der Waals surface area contributed by atoms with E-state index in [2.05, 4.69) is 5.32 Å². The number of anilines is 2. The van der Waals surface area contributed by atoms with Crippen molar-refractivity contribution in [3.8, 4) is 23.0 Å². The number of ether oxygens (including phenoxy) is 4. The van der Waals surface area contributed by atoms with Gasteiger partial charge in [-0.05, 0) is 67.9 Å². The first-order valence-electron chi connectivity index (χ1n) is 11.5. The molecule has 0 atom stereocenters. The van der Waals surface area contributed by atoms with E-state index in [9.17, 15) is 9.59 Å². The molecular formula is C27H28N2O6. The molecule has 0 unspecified atom stereocenters. The largest absolute Gasteiger partial charge is 0.494 e. The Morgan fingerprint density at radius 3 is 2.40 bits per heavy atom. The number of carbonyl (C=O) groups is 2. The zero-order valence-electron chi connectivity index (χ0n) is 19.6. The Bertz CT molecular complexity index is 1130. The molecule has 0 aromatic heterocycles. The first-order valence-corrected chi connectivity index (χ1v) is 11.5. The highest BCUT2D eigenvalue weighted by Crippen LogP contribution is 2.34. The quantitative estimate of drug-likeness (QED) is 0.416. The summed E-state index contributed by atoms with van der Waals surface area (Å²) in [7, 11) is 0. The normalized spacial score (nSPS) is 12.4. The molecule has 0 radical (unpaired) electrons. The fourth-order valence-electron chi connectivity index (χ4n) is 3.60. The maximum Gasteiger partial charge on any atom is 0.265 e. The van der Waals surface area contributed by atoms with Gasteiger partial charge in [0.1, 0.15) is 23.0 Å². The zero-order chi connectivity index (χ0) is 24.5. The molecule has 2 amide bonds. The van der Waals surface area contributed by atoms with Gasteiger partial charge in [-0.3, -0.25) is 9.59 Å². The molecule has 182 valence electrons. The van der Waals surface area contributed by atoms with E-state index >= 15 is 0 Å². The van der Waals surface area contributed by atoms with E-state index < -0.39 is 0 Å². The smallest absolute Gasteiger partial charge is 0.265 e. The van der Waals surface area contributed by atoms with Crippen LogP contribution in [0.4, 0.5) is 11.4 Å². The molecule has 0 fully saturated rings. The summed E-state index contributed by atoms with van der Waals surface area (Å²) < 4.78 is 22.2. The molecule has 8 heteroatoms. The SMILES string of the molecule is CCOc1ccc(OCC(=O)Nc2ccc3c(c2)N(CCCOc2ccccc2)C(=O)CO3)cc1. The van der Waals surface area contributed by atoms with Crippen molar-refractivity contribution in [2.24, 2.45) is 0 Å². The fraction of sp³-hybridized carbons (Fsp3) is 0.259. The van der Waals surface area contributed by atoms with Crippen LogP contribution in [0, 0.1) is 0 Å². The third kappa shape index (κ3) is 6.66. The van der Waals surface area contributed by atoms with Gasteiger partial charge in [-0.25, -0.2) is 0 Å². The van der Waals surface area contributed by atoms with E-state index in [1.807, 2.05) is 37.3 Å². The third-order valence-corrected chi connectivity index (χ3v) is 5.23. The molecule has 35 heavy (non-hydrogen) atoms. The number of fused-ring (bicyclic) bond motifs is 1. The molecule has 1 heterocycles. The van der Waals surface area contributed by atoms with Crippen molar-refractivity contribution in [1.29, 1.82) is 0 Å². The number of carbonyl (C=O) groups excluding carboxylic acids is 2. The summed E-state index contributed by atoms with van der Waals surface area (Å²) in [6.07, 6.45) is 0.645. The van der Waals surface area contributed by atoms with Crippen LogP contribution in [-0.2, 0) is 9.59 Å². The Hall–Kier alpha value is -4.20. The topological polar surface area (TPSA) is 86.3 Å². The number of amides is 2. The lowest BCUT2D eigenvalue weighted by Gasteiger charge is -2.29. The van der Waals surface area contributed by atoms with Crippen LogP contribution in [0.15, 0.2) is 72.8 Å². The summed E-state index contributed by atoms with van der Waals surface area (Å²) >= 11 is 0. The Balaban J connectivity index is 1.32. The van der Waals surface area contributed by atoms with Crippen LogP contribution in [0.3, 0.4) is 0 Å². The molecule has 0 aliphatic carbocycles. The summed E-state index contributed by atoms with van der Waals surface area (Å²) in [6.45, 7) is 3.27. The average Bonchev–Trinajstić information content (AvgIpc) is 2.88. The minimum atomic E-state index is -0.315. The van der Waals surface area contributed by atoms with Crippen LogP contribution in [0.5, 0.6) is 23.0 Å². The van der Waals surface area contributed by atoms with E-state index in [1.54, 1.807) is 47.4 Å². The fourth-order valence-corrected chi connectivity index (χ4v) is 3.60. The minimum absolute atomic E-state index is 0.0197. The summed E-state index contributed by atoms with van der Waals surface area (Å²) in [5.41, 5.74) is 1.17. The van der Waals surface area contributed by atoms with Crippen LogP contribution in [-0.4, -0.2) is 44.8 Å². The molecule has 1 N–H and O–H groups in total. The molecular weight excluding hydrogens is 448 g/mol. The van der Waals surface area contributed by atoms with Crippen LogP contribution in [0.1, 0.15) is 13.3 Å². The highest BCUT2D eigenvalue weighted by atomic mass is 16.5. The third-order valence-electron chi connectivity index (χ3n) is 5.23. The average molecular weight is 477 g/mol. The van der Waals surface area contributed by atoms with E-state index in [4.69, 9.17) is 18.9 Å². The van der Waals surface area contributed by atoms with Gasteiger partial charge in [0.2, 0.25) is 0 Å². The van der Waals surface area contributed by atoms with Crippen LogP contribution < -0.4 is 29.2 Å². The second kappa shape index (κ2) is 11.8. The van der Waals surface area contributed by atoms with Crippen molar-refractivity contribution < 1.29 is 28.5 Å². The van der Waals surface area contributed by atoms with Crippen molar-refractivity contribution >= 4 is 23.2 Å². The Kier molecular flexibility index (Phi) is 8.06. The molecule has 0 spiro atoms. The van der Waals surface area contributed by atoms with Crippen LogP contribution >= 0.6 is 0 Å². The van der Waals surface area contributed by atoms with Gasteiger partial charge in [-0.2, -0.15) is 0 Å². The maximum atomic E-state index is 12.5. The van der Waals surface area contributed by atoms with Crippen molar-refractivity contribution in [3.05, 3.63) is 72.8 Å². The monoisotopic (exact) mass is 476 g/mol. The molecule has 1 aliphatic rings. The number of hydrogen-bond donors (Lipinski definition) is 1. The Morgan fingerprint density at radius 2 is 1.66 bits per heavy atom. The molecule has 3 aromatic carbocycles. The summed E-state index contributed by atoms with van der Waals surface area (Å²) in [5.74, 6) is 2.24. The van der Waals surface area contributed by atoms with Crippen molar-refractivity contribution in [2.75, 3.05) is 43.2 Å². The molecule has 8 nitrogen and oxygen atoms in total. The van der Waals surface area contributed by atoms with Crippen molar-refractivity contribution in [1.82, 2.24) is 0 Å². The predicted molar refractivity (Wildman–Crippen MR) is 133 cm³/mol. The molecule has 0 saturated carbocycles. The van der Waals surface area contributed by atoms with Gasteiger partial charge < -0.3 is 29.2 Å². The second-order valence-corrected chi connectivity index (χ2v) is 7.77. The van der Waals surface area contributed by atoms with Gasteiger partial charge in [-0.1, -0.05) is 18.2 Å². The number of benzene rings is 3. The highest BCUT2D eigenvalue weighted by Gasteiger charge is 2.25. The van der Waals surface area contributed by atoms with E-state index in [0.29, 0.717) is 49.1 Å². The molecule has 0 saturated heterocycles. The van der Waals surface area contributed by atoms with Gasteiger partial charge in [0.25, 0.3) is 11.8 Å². The summed E-state index contributed by atoms with van der Waals surface area (Å²) in [6, 6.07) is 21.8. The van der Waals surface area contributed by atoms with Gasteiger partial charge in [0.15, 0.2) is 13.2 Å². The maximum absolute atomic E-state index is 12.5. The number of hydrogen-bond acceptors (Lipinski definition) is 6. The Morgan fingerprint density at radius 1 is 0.943 bits per heavy atom. The van der Waals surface area contributed by atoms with Crippen molar-refractivity contribution in [2.45, 2.75) is 13.3 Å². The van der Waals surface area contributed by atoms with E-state index in [-0.39, 0.29) is 25.0 Å². The van der Waals surface area contributed by atoms with E-state index in [0.717, 1.165) is 11.5 Å². The molecule has 1 aliphatic heterocycles. The lowest BCUT2D eigenvalue weighted by atomic mass is 10.2. The van der Waals surface area contributed by atoms with Gasteiger partial charge in [0, 0.05) is 12.2 Å². The van der Waals surface area contributed by atoms with Gasteiger partial charge >= 0.3 is 0 Å². The zero-order valence-corrected chi connectivity index (χ0v) is 19.6. The van der Waals surface area contributed by atoms with Gasteiger partial charge in [0.05, 0.1) is 18.9 Å². The molecule has 0 bridgehead atoms. The number of para-hydroxylation sites is 1. The van der Waals surface area contributed by atoms with Crippen molar-refractivity contribution in [3.63, 3.8) is 0 Å². The predicted octanol–water partition coefficient (Wildman–Crippen LogP) is 4.30. The molecule has 3 aromatic rings. The standard InChI is InChI=1S/C27H28N2O6/c1-2-32-22-10-12-23(13-11-22)34-18-26(30)28-20-9-14-25-24(17-20)29(27(31)19-35-25)15-6-16-33-21-7-4-3-5-8-21/h3-5,7-14,17H,2,6,15-16,18-19H2,1H3,(H,28,30). The number of nitrogens with one attached hydrogen (secondary N) is 1. The number of rotatable bonds is 11. The van der Waals surface area contributed by atoms with Gasteiger partial charge in [-0.15, -0.1) is 0 Å². The summed E-state index contributed by atoms with van der Waals surface area (Å²) in [4.78, 5) is 26.6. The van der Waals surface area contributed by atoms with E-state index in [1.165, 1.54) is 0 Å². The first kappa shape index (κ1) is 23.9. The number of nitrogens with zero attached hydrogens (tertiary/aromatic N) is 1. The van der Waals surface area contributed by atoms with Crippen LogP contribution in [0.2, 0.25) is 0 Å². The molecule has 4 rings (SSSR count). The minimum Gasteiger partial charge on any atom is -0.494 e. The lowest BCUT2D eigenvalue weighted by Crippen LogP contribution is -2.39. The highest BCUT2D eigenvalue weighted by molar-refractivity contribution is 5.99. The summed E-state index contributed by atoms with van der Waals surface area (Å²) in [5, 5.41) is 2.81. The lowest BCUT2D eigenvalue weighted by molar-refractivity contribution is -0.121. The second-order valence-electron chi connectivity index (χ2n) is 7.77. The van der Waals surface area contributed by atoms with Crippen LogP contribution in [0.25, 0.3) is 0 Å².